The van der Waals surface area contributed by atoms with E-state index in [1.54, 1.807) is 24.5 Å². The highest BCUT2D eigenvalue weighted by molar-refractivity contribution is 5.84. The van der Waals surface area contributed by atoms with Gasteiger partial charge in [0.2, 0.25) is 0 Å². The van der Waals surface area contributed by atoms with Gasteiger partial charge in [-0.15, -0.1) is 0 Å². The van der Waals surface area contributed by atoms with Crippen molar-refractivity contribution in [3.05, 3.63) is 36.7 Å². The molecule has 0 fully saturated rings. The number of anilines is 2. The molecule has 0 atom stereocenters. The van der Waals surface area contributed by atoms with Crippen LogP contribution >= 0.6 is 0 Å². The summed E-state index contributed by atoms with van der Waals surface area (Å²) < 4.78 is 9.53. The summed E-state index contributed by atoms with van der Waals surface area (Å²) in [5.41, 5.74) is 11.8. The van der Waals surface area contributed by atoms with E-state index >= 15 is 0 Å². The van der Waals surface area contributed by atoms with E-state index in [0.717, 1.165) is 10.8 Å². The first kappa shape index (κ1) is 23.8. The molecule has 0 aromatic carbocycles. The zero-order chi connectivity index (χ0) is 20.7. The van der Waals surface area contributed by atoms with Crippen molar-refractivity contribution >= 4 is 33.8 Å². The average molecular weight is 374 g/mol. The Morgan fingerprint density at radius 2 is 1.07 bits per heavy atom. The first-order valence-corrected chi connectivity index (χ1v) is 9.09. The summed E-state index contributed by atoms with van der Waals surface area (Å²) in [4.78, 5) is 7.79. The molecule has 8 nitrogen and oxygen atoms in total. The summed E-state index contributed by atoms with van der Waals surface area (Å²) in [6, 6.07) is 7.20. The van der Waals surface area contributed by atoms with Crippen LogP contribution in [0.15, 0.2) is 45.7 Å². The number of nitrogens with zero attached hydrogens (tertiary/aromatic N) is 4. The van der Waals surface area contributed by atoms with Crippen molar-refractivity contribution in [3.8, 4) is 0 Å². The number of hydrogen-bond acceptors (Lipinski definition) is 8. The van der Waals surface area contributed by atoms with Crippen LogP contribution in [0.1, 0.15) is 48.0 Å². The monoisotopic (exact) mass is 374 g/mol. The van der Waals surface area contributed by atoms with E-state index in [9.17, 15) is 0 Å². The topological polar surface area (TPSA) is 130 Å². The number of nitrogens with two attached hydrogens (primary N) is 2. The standard InChI is InChI=1S/2C6H5N3O.C3H8.2C2H6/c2*7-5-4-2-1-3-8-6(4)10-9-5;1-3-2;2*1-2/h2*1-3H,(H2,7,9);3H2,1-2H3;2*1-2H3. The number of aromatic nitrogens is 4. The highest BCUT2D eigenvalue weighted by Gasteiger charge is 2.02. The SMILES string of the molecule is CC.CC.CCC.Nc1noc2ncccc12.Nc1noc2ncccc12. The molecule has 27 heavy (non-hydrogen) atoms. The zero-order valence-corrected chi connectivity index (χ0v) is 16.9. The molecule has 0 spiro atoms. The summed E-state index contributed by atoms with van der Waals surface area (Å²) in [5.74, 6) is 0.784. The minimum atomic E-state index is 0.392. The van der Waals surface area contributed by atoms with Crippen molar-refractivity contribution in [2.45, 2.75) is 48.0 Å². The van der Waals surface area contributed by atoms with Crippen molar-refractivity contribution < 1.29 is 9.05 Å². The molecule has 4 aromatic rings. The van der Waals surface area contributed by atoms with Crippen molar-refractivity contribution in [3.63, 3.8) is 0 Å². The van der Waals surface area contributed by atoms with Gasteiger partial charge in [-0.2, -0.15) is 0 Å². The maximum absolute atomic E-state index is 5.43. The van der Waals surface area contributed by atoms with E-state index < -0.39 is 0 Å². The predicted molar refractivity (Wildman–Crippen MR) is 111 cm³/mol. The van der Waals surface area contributed by atoms with Gasteiger partial charge < -0.3 is 20.5 Å². The molecule has 4 rings (SSSR count). The molecule has 0 aliphatic heterocycles. The zero-order valence-electron chi connectivity index (χ0n) is 16.9. The molecule has 0 aliphatic carbocycles. The van der Waals surface area contributed by atoms with Gasteiger partial charge in [-0.1, -0.05) is 58.3 Å². The average Bonchev–Trinajstić information content (AvgIpc) is 3.30. The van der Waals surface area contributed by atoms with E-state index in [0.29, 0.717) is 23.1 Å². The largest absolute Gasteiger partial charge is 0.380 e. The number of hydrogen-bond donors (Lipinski definition) is 2. The fraction of sp³-hybridized carbons (Fsp3) is 0.368. The minimum Gasteiger partial charge on any atom is -0.380 e. The van der Waals surface area contributed by atoms with Crippen molar-refractivity contribution in [2.75, 3.05) is 11.5 Å². The summed E-state index contributed by atoms with van der Waals surface area (Å²) in [7, 11) is 0. The van der Waals surface area contributed by atoms with Gasteiger partial charge in [0.1, 0.15) is 0 Å². The van der Waals surface area contributed by atoms with Gasteiger partial charge in [-0.05, 0) is 24.3 Å². The lowest BCUT2D eigenvalue weighted by Crippen LogP contribution is -1.82. The van der Waals surface area contributed by atoms with Gasteiger partial charge in [0.15, 0.2) is 11.6 Å². The smallest absolute Gasteiger partial charge is 0.259 e. The van der Waals surface area contributed by atoms with Gasteiger partial charge in [-0.3, -0.25) is 0 Å². The first-order chi connectivity index (χ1) is 13.2. The van der Waals surface area contributed by atoms with Gasteiger partial charge in [0.25, 0.3) is 11.4 Å². The highest BCUT2D eigenvalue weighted by Crippen LogP contribution is 2.16. The quantitative estimate of drug-likeness (QED) is 0.436. The Hall–Kier alpha value is -3.16. The van der Waals surface area contributed by atoms with Gasteiger partial charge >= 0.3 is 0 Å². The lowest BCUT2D eigenvalue weighted by atomic mass is 10.3. The molecule has 8 heteroatoms. The Kier molecular flexibility index (Phi) is 12.4. The van der Waals surface area contributed by atoms with E-state index in [2.05, 4.69) is 34.1 Å². The second kappa shape index (κ2) is 14.1. The third-order valence-electron chi connectivity index (χ3n) is 2.56. The van der Waals surface area contributed by atoms with Gasteiger partial charge in [-0.25, -0.2) is 9.97 Å². The molecule has 0 saturated carbocycles. The summed E-state index contributed by atoms with van der Waals surface area (Å²) >= 11 is 0. The maximum atomic E-state index is 5.43. The molecule has 0 saturated heterocycles. The second-order valence-electron chi connectivity index (χ2n) is 4.55. The molecule has 0 bridgehead atoms. The molecule has 4 heterocycles. The number of fused-ring (bicyclic) bond motifs is 2. The first-order valence-electron chi connectivity index (χ1n) is 9.09. The van der Waals surface area contributed by atoms with Crippen LogP contribution in [0.4, 0.5) is 11.6 Å². The molecule has 4 aromatic heterocycles. The molecule has 148 valence electrons. The molecule has 0 amide bonds. The molecule has 4 N–H and O–H groups in total. The highest BCUT2D eigenvalue weighted by atomic mass is 16.5. The summed E-state index contributed by atoms with van der Waals surface area (Å²) in [5, 5.41) is 8.60. The molecular weight excluding hydrogens is 344 g/mol. The van der Waals surface area contributed by atoms with E-state index in [4.69, 9.17) is 20.5 Å². The van der Waals surface area contributed by atoms with Crippen LogP contribution in [-0.2, 0) is 0 Å². The van der Waals surface area contributed by atoms with Crippen LogP contribution in [0, 0.1) is 0 Å². The maximum Gasteiger partial charge on any atom is 0.259 e. The molecule has 0 radical (unpaired) electrons. The van der Waals surface area contributed by atoms with Gasteiger partial charge in [0, 0.05) is 12.4 Å². The van der Waals surface area contributed by atoms with Crippen molar-refractivity contribution in [1.29, 1.82) is 0 Å². The lowest BCUT2D eigenvalue weighted by Gasteiger charge is -1.81. The molecule has 0 aliphatic rings. The van der Waals surface area contributed by atoms with Crippen molar-refractivity contribution in [2.24, 2.45) is 0 Å². The third kappa shape index (κ3) is 7.31. The Bertz CT molecular complexity index is 801. The van der Waals surface area contributed by atoms with E-state index in [1.807, 2.05) is 39.8 Å². The lowest BCUT2D eigenvalue weighted by molar-refractivity contribution is 0.452. The Balaban J connectivity index is 0.000000379. The fourth-order valence-electron chi connectivity index (χ4n) is 1.60. The summed E-state index contributed by atoms with van der Waals surface area (Å²) in [6.07, 6.45) is 4.51. The van der Waals surface area contributed by atoms with Crippen LogP contribution in [0.3, 0.4) is 0 Å². The van der Waals surface area contributed by atoms with Crippen LogP contribution in [0.5, 0.6) is 0 Å². The van der Waals surface area contributed by atoms with E-state index in [1.165, 1.54) is 6.42 Å². The van der Waals surface area contributed by atoms with Crippen LogP contribution < -0.4 is 11.5 Å². The Morgan fingerprint density at radius 1 is 0.741 bits per heavy atom. The third-order valence-corrected chi connectivity index (χ3v) is 2.56. The van der Waals surface area contributed by atoms with Crippen LogP contribution in [-0.4, -0.2) is 20.3 Å². The summed E-state index contributed by atoms with van der Waals surface area (Å²) in [6.45, 7) is 12.2. The van der Waals surface area contributed by atoms with Crippen LogP contribution in [0.2, 0.25) is 0 Å². The second-order valence-corrected chi connectivity index (χ2v) is 4.55. The molecular formula is C19H30N6O2. The normalized spacial score (nSPS) is 8.81. The number of pyridine rings is 2. The van der Waals surface area contributed by atoms with Crippen molar-refractivity contribution in [1.82, 2.24) is 20.3 Å². The fourth-order valence-corrected chi connectivity index (χ4v) is 1.60. The predicted octanol–water partition coefficient (Wildman–Crippen LogP) is 5.08. The van der Waals surface area contributed by atoms with Gasteiger partial charge in [0.05, 0.1) is 10.8 Å². The number of nitrogen functional groups attached to an aromatic ring is 2. The minimum absolute atomic E-state index is 0.392. The number of rotatable bonds is 0. The molecule has 0 unspecified atom stereocenters. The Labute approximate surface area is 159 Å². The van der Waals surface area contributed by atoms with E-state index in [-0.39, 0.29) is 0 Å². The van der Waals surface area contributed by atoms with Crippen LogP contribution in [0.25, 0.3) is 22.2 Å². The Morgan fingerprint density at radius 3 is 1.37 bits per heavy atom.